The van der Waals surface area contributed by atoms with Crippen LogP contribution in [0.3, 0.4) is 0 Å². The number of fused-ring (bicyclic) bond motifs is 1. The van der Waals surface area contributed by atoms with Gasteiger partial charge in [-0.05, 0) is 61.5 Å². The summed E-state index contributed by atoms with van der Waals surface area (Å²) in [5.74, 6) is -0.371. The number of hydrogen-bond donors (Lipinski definition) is 1. The molecule has 0 radical (unpaired) electrons. The van der Waals surface area contributed by atoms with E-state index in [-0.39, 0.29) is 0 Å². The molecule has 1 unspecified atom stereocenters. The molecule has 0 bridgehead atoms. The van der Waals surface area contributed by atoms with Crippen molar-refractivity contribution < 1.29 is 14.6 Å². The number of carboxylic acid groups (broad SMARTS) is 1. The van der Waals surface area contributed by atoms with Crippen LogP contribution >= 0.6 is 0 Å². The van der Waals surface area contributed by atoms with Crippen LogP contribution in [-0.2, 0) is 11.2 Å². The average molecular weight is 263 g/mol. The third-order valence-corrected chi connectivity index (χ3v) is 4.06. The van der Waals surface area contributed by atoms with Crippen molar-refractivity contribution in [2.75, 3.05) is 0 Å². The van der Waals surface area contributed by atoms with Gasteiger partial charge in [0.15, 0.2) is 0 Å². The fourth-order valence-corrected chi connectivity index (χ4v) is 2.54. The number of nitrogens with zero attached hydrogens (tertiary/aromatic N) is 1. The summed E-state index contributed by atoms with van der Waals surface area (Å²) in [6.07, 6.45) is 0.963. The first-order chi connectivity index (χ1) is 8.81. The van der Waals surface area contributed by atoms with Crippen LogP contribution in [0.25, 0.3) is 0 Å². The van der Waals surface area contributed by atoms with E-state index in [1.165, 1.54) is 0 Å². The number of carboxylic acids is 1. The first-order valence-corrected chi connectivity index (χ1v) is 6.20. The van der Waals surface area contributed by atoms with Gasteiger partial charge in [-0.15, -0.1) is 4.91 Å². The van der Waals surface area contributed by atoms with Gasteiger partial charge in [-0.25, -0.2) is 4.79 Å². The summed E-state index contributed by atoms with van der Waals surface area (Å²) in [4.78, 5) is 22.2. The van der Waals surface area contributed by atoms with Crippen LogP contribution in [0.5, 0.6) is 5.75 Å². The summed E-state index contributed by atoms with van der Waals surface area (Å²) in [6.45, 7) is 7.04. The molecule has 0 aromatic heterocycles. The van der Waals surface area contributed by atoms with Gasteiger partial charge in [0.1, 0.15) is 11.4 Å². The molecule has 1 atom stereocenters. The molecule has 102 valence electrons. The van der Waals surface area contributed by atoms with E-state index in [0.717, 1.165) is 22.3 Å². The monoisotopic (exact) mass is 263 g/mol. The summed E-state index contributed by atoms with van der Waals surface area (Å²) in [6, 6.07) is 0. The minimum Gasteiger partial charge on any atom is -0.478 e. The molecule has 0 saturated carbocycles. The molecular weight excluding hydrogens is 246 g/mol. The molecule has 1 heterocycles. The topological polar surface area (TPSA) is 76.0 Å². The first-order valence-electron chi connectivity index (χ1n) is 6.20. The maximum Gasteiger partial charge on any atom is 0.347 e. The number of rotatable bonds is 2. The number of hydrogen-bond acceptors (Lipinski definition) is 4. The fourth-order valence-electron chi connectivity index (χ4n) is 2.54. The van der Waals surface area contributed by atoms with Crippen LogP contribution in [-0.4, -0.2) is 16.7 Å². The molecule has 0 saturated heterocycles. The first kappa shape index (κ1) is 13.5. The zero-order valence-electron chi connectivity index (χ0n) is 11.5. The van der Waals surface area contributed by atoms with E-state index >= 15 is 0 Å². The molecule has 1 aromatic carbocycles. The largest absolute Gasteiger partial charge is 0.478 e. The highest BCUT2D eigenvalue weighted by molar-refractivity contribution is 5.79. The third-order valence-electron chi connectivity index (χ3n) is 4.06. The zero-order chi connectivity index (χ0) is 14.4. The Labute approximate surface area is 111 Å². The van der Waals surface area contributed by atoms with Gasteiger partial charge < -0.3 is 9.84 Å². The SMILES string of the molecule is Cc1c(C)c2c(c(C)c1N=O)CCC(C)(C(=O)O)O2. The van der Waals surface area contributed by atoms with Crippen molar-refractivity contribution in [3.05, 3.63) is 27.2 Å². The van der Waals surface area contributed by atoms with Crippen LogP contribution in [0.1, 0.15) is 35.6 Å². The molecule has 0 aliphatic carbocycles. The lowest BCUT2D eigenvalue weighted by molar-refractivity contribution is -0.155. The Bertz CT molecular complexity index is 580. The summed E-state index contributed by atoms with van der Waals surface area (Å²) in [7, 11) is 0. The zero-order valence-corrected chi connectivity index (χ0v) is 11.5. The van der Waals surface area contributed by atoms with Crippen LogP contribution in [0, 0.1) is 25.7 Å². The van der Waals surface area contributed by atoms with Gasteiger partial charge in [0.05, 0.1) is 0 Å². The Morgan fingerprint density at radius 1 is 1.26 bits per heavy atom. The van der Waals surface area contributed by atoms with E-state index in [1.807, 2.05) is 13.8 Å². The smallest absolute Gasteiger partial charge is 0.347 e. The maximum absolute atomic E-state index is 11.3. The summed E-state index contributed by atoms with van der Waals surface area (Å²) < 4.78 is 5.73. The lowest BCUT2D eigenvalue weighted by Gasteiger charge is -2.34. The summed E-state index contributed by atoms with van der Waals surface area (Å²) in [5, 5.41) is 12.3. The molecule has 1 aliphatic rings. The molecule has 1 aromatic rings. The Kier molecular flexibility index (Phi) is 3.08. The molecule has 0 spiro atoms. The fraction of sp³-hybridized carbons (Fsp3) is 0.500. The highest BCUT2D eigenvalue weighted by Crippen LogP contribution is 2.43. The predicted octanol–water partition coefficient (Wildman–Crippen LogP) is 3.18. The van der Waals surface area contributed by atoms with Crippen LogP contribution in [0.4, 0.5) is 5.69 Å². The predicted molar refractivity (Wildman–Crippen MR) is 71.1 cm³/mol. The quantitative estimate of drug-likeness (QED) is 0.831. The average Bonchev–Trinajstić information content (AvgIpc) is 2.36. The Morgan fingerprint density at radius 3 is 2.42 bits per heavy atom. The van der Waals surface area contributed by atoms with Gasteiger partial charge in [-0.2, -0.15) is 0 Å². The van der Waals surface area contributed by atoms with Crippen LogP contribution in [0.15, 0.2) is 5.18 Å². The van der Waals surface area contributed by atoms with Gasteiger partial charge >= 0.3 is 5.97 Å². The van der Waals surface area contributed by atoms with Gasteiger partial charge in [-0.1, -0.05) is 0 Å². The van der Waals surface area contributed by atoms with E-state index in [1.54, 1.807) is 13.8 Å². The van der Waals surface area contributed by atoms with Crippen molar-refractivity contribution in [1.82, 2.24) is 0 Å². The molecule has 1 aliphatic heterocycles. The second-order valence-corrected chi connectivity index (χ2v) is 5.26. The maximum atomic E-state index is 11.3. The van der Waals surface area contributed by atoms with Crippen LogP contribution < -0.4 is 4.74 Å². The molecule has 2 rings (SSSR count). The molecular formula is C14H17NO4. The molecule has 19 heavy (non-hydrogen) atoms. The minimum atomic E-state index is -1.20. The normalized spacial score (nSPS) is 21.5. The number of carbonyl (C=O) groups is 1. The molecule has 0 fully saturated rings. The number of benzene rings is 1. The second-order valence-electron chi connectivity index (χ2n) is 5.26. The van der Waals surface area contributed by atoms with Gasteiger partial charge in [0.2, 0.25) is 5.60 Å². The summed E-state index contributed by atoms with van der Waals surface area (Å²) in [5.41, 5.74) is 2.48. The Morgan fingerprint density at radius 2 is 1.89 bits per heavy atom. The van der Waals surface area contributed by atoms with Gasteiger partial charge in [0.25, 0.3) is 0 Å². The van der Waals surface area contributed by atoms with Crippen molar-refractivity contribution >= 4 is 11.7 Å². The van der Waals surface area contributed by atoms with Crippen molar-refractivity contribution in [2.24, 2.45) is 5.18 Å². The van der Waals surface area contributed by atoms with E-state index in [2.05, 4.69) is 5.18 Å². The van der Waals surface area contributed by atoms with E-state index in [9.17, 15) is 14.8 Å². The summed E-state index contributed by atoms with van der Waals surface area (Å²) >= 11 is 0. The third kappa shape index (κ3) is 1.89. The lowest BCUT2D eigenvalue weighted by atomic mass is 9.87. The van der Waals surface area contributed by atoms with Crippen molar-refractivity contribution in [1.29, 1.82) is 0 Å². The lowest BCUT2D eigenvalue weighted by Crippen LogP contribution is -2.44. The molecule has 0 amide bonds. The van der Waals surface area contributed by atoms with E-state index in [4.69, 9.17) is 4.74 Å². The Hall–Kier alpha value is -1.91. The standard InChI is InChI=1S/C14H17NO4/c1-7-8(2)12-10(9(3)11(7)15-18)5-6-14(4,19-12)13(16)17/h5-6H2,1-4H3,(H,16,17). The molecule has 5 nitrogen and oxygen atoms in total. The Balaban J connectivity index is 2.64. The molecule has 5 heteroatoms. The van der Waals surface area contributed by atoms with E-state index in [0.29, 0.717) is 24.3 Å². The van der Waals surface area contributed by atoms with Crippen molar-refractivity contribution in [2.45, 2.75) is 46.1 Å². The highest BCUT2D eigenvalue weighted by atomic mass is 16.5. The number of aliphatic carboxylic acids is 1. The second kappa shape index (κ2) is 4.33. The van der Waals surface area contributed by atoms with Crippen LogP contribution in [0.2, 0.25) is 0 Å². The highest BCUT2D eigenvalue weighted by Gasteiger charge is 2.40. The van der Waals surface area contributed by atoms with Crippen molar-refractivity contribution in [3.63, 3.8) is 0 Å². The number of nitroso groups, excluding NO2 is 1. The number of ether oxygens (including phenoxy) is 1. The van der Waals surface area contributed by atoms with Gasteiger partial charge in [-0.3, -0.25) is 0 Å². The minimum absolute atomic E-state index is 0.386. The molecule has 1 N–H and O–H groups in total. The van der Waals surface area contributed by atoms with Gasteiger partial charge in [0, 0.05) is 6.42 Å². The van der Waals surface area contributed by atoms with Crippen molar-refractivity contribution in [3.8, 4) is 5.75 Å². The van der Waals surface area contributed by atoms with E-state index < -0.39 is 11.6 Å².